The Morgan fingerprint density at radius 3 is 2.10 bits per heavy atom. The average molecular weight is 178 g/mol. The number of methoxy groups -OCH3 is 1. The molecule has 0 fully saturated rings. The van der Waals surface area contributed by atoms with Gasteiger partial charge in [-0.1, -0.05) is 0 Å². The van der Waals surface area contributed by atoms with E-state index in [1.165, 1.54) is 0 Å². The lowest BCUT2D eigenvalue weighted by Gasteiger charge is -2.22. The fourth-order valence-corrected chi connectivity index (χ4v) is 6.44. The molecule has 4 heteroatoms. The van der Waals surface area contributed by atoms with Gasteiger partial charge in [-0.15, -0.1) is 0 Å². The van der Waals surface area contributed by atoms with Crippen molar-refractivity contribution in [2.24, 2.45) is 0 Å². The molecule has 0 aromatic heterocycles. The van der Waals surface area contributed by atoms with Crippen LogP contribution in [0.1, 0.15) is 0 Å². The molecule has 0 saturated carbocycles. The number of ether oxygens (including phenoxy) is 1. The summed E-state index contributed by atoms with van der Waals surface area (Å²) < 4.78 is 10.8. The molecule has 0 amide bonds. The van der Waals surface area contributed by atoms with Gasteiger partial charge in [0.15, 0.2) is 17.4 Å². The highest BCUT2D eigenvalue weighted by molar-refractivity contribution is 6.77. The predicted molar refractivity (Wildman–Crippen MR) is 49.3 cm³/mol. The zero-order valence-corrected chi connectivity index (χ0v) is 9.76. The standard InChI is InChI=1S/C6H18O2Si2/c1-7-6-9(2)8-10(3,4)5/h9H,6H2,1-5H3. The topological polar surface area (TPSA) is 18.5 Å². The van der Waals surface area contributed by atoms with Gasteiger partial charge in [-0.05, 0) is 26.2 Å². The maximum atomic E-state index is 5.83. The minimum atomic E-state index is -1.28. The molecule has 0 aliphatic rings. The van der Waals surface area contributed by atoms with Crippen LogP contribution in [0.2, 0.25) is 26.2 Å². The van der Waals surface area contributed by atoms with Crippen molar-refractivity contribution in [3.8, 4) is 0 Å². The number of hydrogen-bond acceptors (Lipinski definition) is 2. The molecule has 0 bridgehead atoms. The van der Waals surface area contributed by atoms with Gasteiger partial charge in [0, 0.05) is 7.11 Å². The van der Waals surface area contributed by atoms with E-state index in [0.29, 0.717) is 0 Å². The molecule has 0 saturated heterocycles. The van der Waals surface area contributed by atoms with Crippen LogP contribution in [0.15, 0.2) is 0 Å². The second kappa shape index (κ2) is 4.28. The van der Waals surface area contributed by atoms with E-state index in [4.69, 9.17) is 8.85 Å². The Kier molecular flexibility index (Phi) is 4.43. The molecule has 1 atom stereocenters. The highest BCUT2D eigenvalue weighted by Crippen LogP contribution is 2.04. The maximum Gasteiger partial charge on any atom is 0.185 e. The summed E-state index contributed by atoms with van der Waals surface area (Å²) in [5.74, 6) is 0. The van der Waals surface area contributed by atoms with E-state index >= 15 is 0 Å². The van der Waals surface area contributed by atoms with Crippen LogP contribution < -0.4 is 0 Å². The van der Waals surface area contributed by atoms with Gasteiger partial charge in [0.05, 0.1) is 6.23 Å². The summed E-state index contributed by atoms with van der Waals surface area (Å²) in [7, 11) is -0.530. The molecule has 0 N–H and O–H groups in total. The lowest BCUT2D eigenvalue weighted by atomic mass is 11.5. The molecule has 0 rings (SSSR count). The minimum Gasteiger partial charge on any atom is -0.456 e. The van der Waals surface area contributed by atoms with Gasteiger partial charge in [-0.2, -0.15) is 0 Å². The Labute approximate surface area is 66.4 Å². The van der Waals surface area contributed by atoms with Crippen molar-refractivity contribution in [1.29, 1.82) is 0 Å². The van der Waals surface area contributed by atoms with Crippen molar-refractivity contribution in [3.63, 3.8) is 0 Å². The van der Waals surface area contributed by atoms with Crippen molar-refractivity contribution in [2.75, 3.05) is 13.3 Å². The summed E-state index contributed by atoms with van der Waals surface area (Å²) >= 11 is 0. The SMILES string of the molecule is COC[SiH](C)O[Si](C)(C)C. The van der Waals surface area contributed by atoms with Crippen molar-refractivity contribution in [3.05, 3.63) is 0 Å². The van der Waals surface area contributed by atoms with Crippen LogP contribution in [0.4, 0.5) is 0 Å². The van der Waals surface area contributed by atoms with E-state index in [1.54, 1.807) is 7.11 Å². The van der Waals surface area contributed by atoms with Crippen molar-refractivity contribution < 1.29 is 8.85 Å². The smallest absolute Gasteiger partial charge is 0.185 e. The Hall–Kier alpha value is 0.354. The van der Waals surface area contributed by atoms with Gasteiger partial charge in [-0.25, -0.2) is 0 Å². The molecule has 2 nitrogen and oxygen atoms in total. The lowest BCUT2D eigenvalue weighted by molar-refractivity contribution is 0.239. The molecule has 0 aliphatic carbocycles. The second-order valence-corrected chi connectivity index (χ2v) is 10.6. The monoisotopic (exact) mass is 178 g/mol. The normalized spacial score (nSPS) is 15.3. The maximum absolute atomic E-state index is 5.83. The van der Waals surface area contributed by atoms with E-state index in [-0.39, 0.29) is 0 Å². The van der Waals surface area contributed by atoms with Gasteiger partial charge >= 0.3 is 0 Å². The van der Waals surface area contributed by atoms with Crippen LogP contribution in [-0.2, 0) is 8.85 Å². The summed E-state index contributed by atoms with van der Waals surface area (Å²) in [6.07, 6.45) is 0.838. The predicted octanol–water partition coefficient (Wildman–Crippen LogP) is 1.38. The van der Waals surface area contributed by atoms with Crippen LogP contribution >= 0.6 is 0 Å². The number of hydrogen-bond donors (Lipinski definition) is 0. The van der Waals surface area contributed by atoms with Gasteiger partial charge in [-0.3, -0.25) is 0 Å². The average Bonchev–Trinajstić information content (AvgIpc) is 1.59. The largest absolute Gasteiger partial charge is 0.456 e. The molecule has 0 aromatic rings. The molecule has 0 heterocycles. The highest BCUT2D eigenvalue weighted by atomic mass is 28.4. The van der Waals surface area contributed by atoms with Gasteiger partial charge in [0.2, 0.25) is 0 Å². The van der Waals surface area contributed by atoms with Gasteiger partial charge in [0.25, 0.3) is 0 Å². The number of rotatable bonds is 4. The van der Waals surface area contributed by atoms with E-state index < -0.39 is 17.4 Å². The van der Waals surface area contributed by atoms with Crippen LogP contribution in [0.3, 0.4) is 0 Å². The zero-order chi connectivity index (χ0) is 8.20. The lowest BCUT2D eigenvalue weighted by Crippen LogP contribution is -2.35. The van der Waals surface area contributed by atoms with Gasteiger partial charge < -0.3 is 8.85 Å². The quantitative estimate of drug-likeness (QED) is 0.606. The molecular weight excluding hydrogens is 160 g/mol. The molecule has 0 aromatic carbocycles. The molecule has 0 aliphatic heterocycles. The first-order valence-corrected chi connectivity index (χ1v) is 9.47. The Morgan fingerprint density at radius 1 is 1.30 bits per heavy atom. The fraction of sp³-hybridized carbons (Fsp3) is 1.00. The van der Waals surface area contributed by atoms with Crippen molar-refractivity contribution in [1.82, 2.24) is 0 Å². The molecular formula is C6H18O2Si2. The minimum absolute atomic E-state index is 0.838. The van der Waals surface area contributed by atoms with Crippen LogP contribution in [0, 0.1) is 0 Å². The first-order valence-electron chi connectivity index (χ1n) is 3.62. The van der Waals surface area contributed by atoms with E-state index in [9.17, 15) is 0 Å². The van der Waals surface area contributed by atoms with E-state index in [2.05, 4.69) is 26.2 Å². The van der Waals surface area contributed by atoms with Crippen molar-refractivity contribution in [2.45, 2.75) is 26.2 Å². The van der Waals surface area contributed by atoms with Crippen LogP contribution in [0.25, 0.3) is 0 Å². The molecule has 0 radical (unpaired) electrons. The second-order valence-electron chi connectivity index (χ2n) is 3.50. The van der Waals surface area contributed by atoms with E-state index in [1.807, 2.05) is 0 Å². The van der Waals surface area contributed by atoms with Crippen LogP contribution in [0.5, 0.6) is 0 Å². The summed E-state index contributed by atoms with van der Waals surface area (Å²) in [5.41, 5.74) is 0. The third kappa shape index (κ3) is 6.47. The first-order chi connectivity index (χ1) is 4.45. The Balaban J connectivity index is 3.47. The highest BCUT2D eigenvalue weighted by Gasteiger charge is 2.18. The first kappa shape index (κ1) is 10.4. The summed E-state index contributed by atoms with van der Waals surface area (Å²) in [6, 6.07) is 0. The molecule has 1 unspecified atom stereocenters. The molecule has 62 valence electrons. The zero-order valence-electron chi connectivity index (χ0n) is 7.60. The fourth-order valence-electron chi connectivity index (χ4n) is 0.872. The van der Waals surface area contributed by atoms with Crippen LogP contribution in [-0.4, -0.2) is 30.7 Å². The third-order valence-electron chi connectivity index (χ3n) is 0.956. The third-order valence-corrected chi connectivity index (χ3v) is 6.20. The summed E-state index contributed by atoms with van der Waals surface area (Å²) in [5, 5.41) is 0. The Morgan fingerprint density at radius 2 is 1.80 bits per heavy atom. The van der Waals surface area contributed by atoms with Gasteiger partial charge in [0.1, 0.15) is 0 Å². The Bertz CT molecular complexity index is 90.2. The molecule has 0 spiro atoms. The summed E-state index contributed by atoms with van der Waals surface area (Å²) in [6.45, 7) is 8.83. The summed E-state index contributed by atoms with van der Waals surface area (Å²) in [4.78, 5) is 0. The van der Waals surface area contributed by atoms with E-state index in [0.717, 1.165) is 6.23 Å². The van der Waals surface area contributed by atoms with Crippen molar-refractivity contribution >= 4 is 17.4 Å². The molecule has 10 heavy (non-hydrogen) atoms.